The van der Waals surface area contributed by atoms with E-state index in [-0.39, 0.29) is 27.7 Å². The van der Waals surface area contributed by atoms with Gasteiger partial charge in [-0.1, -0.05) is 0 Å². The minimum Gasteiger partial charge on any atom is -0.481 e. The molecule has 1 unspecified atom stereocenters. The molecule has 1 amide bonds. The Morgan fingerprint density at radius 1 is 1.17 bits per heavy atom. The van der Waals surface area contributed by atoms with Crippen molar-refractivity contribution in [3.8, 4) is 0 Å². The van der Waals surface area contributed by atoms with Gasteiger partial charge in [-0.3, -0.25) is 9.59 Å². The molecular formula is C18H10F4N2O3S2. The van der Waals surface area contributed by atoms with E-state index in [1.165, 1.54) is 6.07 Å². The number of carbonyl (C=O) groups excluding carboxylic acids is 1. The molecule has 0 spiro atoms. The molecule has 11 heteroatoms. The van der Waals surface area contributed by atoms with Gasteiger partial charge in [-0.25, -0.2) is 22.5 Å². The number of halogens is 4. The zero-order valence-corrected chi connectivity index (χ0v) is 15.9. The van der Waals surface area contributed by atoms with Gasteiger partial charge in [-0.05, 0) is 18.2 Å². The summed E-state index contributed by atoms with van der Waals surface area (Å²) in [6, 6.07) is 3.90. The number of hydrogen-bond donors (Lipinski definition) is 1. The maximum absolute atomic E-state index is 14.3. The highest BCUT2D eigenvalue weighted by molar-refractivity contribution is 8.01. The summed E-state index contributed by atoms with van der Waals surface area (Å²) in [6.45, 7) is -0.272. The molecule has 2 heterocycles. The smallest absolute Gasteiger partial charge is 0.305 e. The molecular weight excluding hydrogens is 432 g/mol. The maximum Gasteiger partial charge on any atom is 0.305 e. The number of aliphatic carboxylic acids is 1. The average Bonchev–Trinajstić information content (AvgIpc) is 3.06. The van der Waals surface area contributed by atoms with Crippen molar-refractivity contribution in [2.75, 3.05) is 4.90 Å². The number of benzene rings is 2. The number of nitrogens with zero attached hydrogens (tertiary/aromatic N) is 2. The van der Waals surface area contributed by atoms with Crippen LogP contribution in [0, 0.1) is 23.3 Å². The van der Waals surface area contributed by atoms with Gasteiger partial charge < -0.3 is 10.0 Å². The van der Waals surface area contributed by atoms with Crippen LogP contribution in [0.2, 0.25) is 0 Å². The fraction of sp³-hybridized carbons (Fsp3) is 0.167. The molecule has 1 aromatic heterocycles. The van der Waals surface area contributed by atoms with Crippen molar-refractivity contribution in [1.29, 1.82) is 0 Å². The summed E-state index contributed by atoms with van der Waals surface area (Å²) in [6.07, 6.45) is -0.560. The lowest BCUT2D eigenvalue weighted by Crippen LogP contribution is -2.41. The second-order valence-electron chi connectivity index (χ2n) is 6.18. The predicted molar refractivity (Wildman–Crippen MR) is 99.0 cm³/mol. The maximum atomic E-state index is 14.3. The summed E-state index contributed by atoms with van der Waals surface area (Å²) in [5.74, 6) is -5.95. The second-order valence-corrected chi connectivity index (χ2v) is 8.51. The van der Waals surface area contributed by atoms with Crippen molar-refractivity contribution in [3.05, 3.63) is 52.5 Å². The molecule has 0 bridgehead atoms. The van der Waals surface area contributed by atoms with Crippen LogP contribution in [0.25, 0.3) is 10.2 Å². The van der Waals surface area contributed by atoms with E-state index in [1.54, 1.807) is 0 Å². The van der Waals surface area contributed by atoms with Crippen molar-refractivity contribution < 1.29 is 32.3 Å². The standard InChI is InChI=1S/C18H10F4N2O3S2/c19-7-3-9(21)17-10(4-7)24(18(27)12(29-17)5-14(25)26)6-13-23-16-11(28-13)2-1-8(20)15(16)22/h1-4,12H,5-6H2,(H,25,26). The quantitative estimate of drug-likeness (QED) is 0.609. The first-order chi connectivity index (χ1) is 13.7. The molecule has 0 saturated carbocycles. The van der Waals surface area contributed by atoms with Crippen LogP contribution in [0.5, 0.6) is 0 Å². The predicted octanol–water partition coefficient (Wildman–Crippen LogP) is 4.33. The van der Waals surface area contributed by atoms with Gasteiger partial charge >= 0.3 is 5.97 Å². The van der Waals surface area contributed by atoms with Crippen molar-refractivity contribution in [3.63, 3.8) is 0 Å². The third kappa shape index (κ3) is 3.55. The van der Waals surface area contributed by atoms with E-state index < -0.39 is 46.8 Å². The van der Waals surface area contributed by atoms with Gasteiger partial charge in [0.25, 0.3) is 0 Å². The molecule has 5 nitrogen and oxygen atoms in total. The van der Waals surface area contributed by atoms with Crippen LogP contribution >= 0.6 is 23.1 Å². The van der Waals surface area contributed by atoms with Gasteiger partial charge in [-0.2, -0.15) is 0 Å². The lowest BCUT2D eigenvalue weighted by atomic mass is 10.2. The van der Waals surface area contributed by atoms with E-state index >= 15 is 0 Å². The highest BCUT2D eigenvalue weighted by atomic mass is 32.2. The molecule has 2 aromatic carbocycles. The van der Waals surface area contributed by atoms with Gasteiger partial charge in [0.05, 0.1) is 33.5 Å². The topological polar surface area (TPSA) is 70.5 Å². The Kier molecular flexibility index (Phi) is 4.95. The zero-order chi connectivity index (χ0) is 20.9. The van der Waals surface area contributed by atoms with E-state index in [0.29, 0.717) is 22.5 Å². The highest BCUT2D eigenvalue weighted by Crippen LogP contribution is 2.43. The van der Waals surface area contributed by atoms with Crippen molar-refractivity contribution in [1.82, 2.24) is 4.98 Å². The monoisotopic (exact) mass is 442 g/mol. The van der Waals surface area contributed by atoms with Gasteiger partial charge in [0.2, 0.25) is 5.91 Å². The Morgan fingerprint density at radius 3 is 2.66 bits per heavy atom. The molecule has 1 aliphatic heterocycles. The third-order valence-electron chi connectivity index (χ3n) is 4.23. The molecule has 1 atom stereocenters. The summed E-state index contributed by atoms with van der Waals surface area (Å²) >= 11 is 1.70. The van der Waals surface area contributed by atoms with E-state index in [4.69, 9.17) is 5.11 Å². The van der Waals surface area contributed by atoms with E-state index in [0.717, 1.165) is 28.4 Å². The number of anilines is 1. The molecule has 1 N–H and O–H groups in total. The van der Waals surface area contributed by atoms with Crippen LogP contribution in [0.4, 0.5) is 23.2 Å². The number of thiazole rings is 1. The fourth-order valence-electron chi connectivity index (χ4n) is 2.99. The van der Waals surface area contributed by atoms with Crippen molar-refractivity contribution in [2.45, 2.75) is 23.1 Å². The summed E-state index contributed by atoms with van der Waals surface area (Å²) in [5.41, 5.74) is -0.276. The first-order valence-electron chi connectivity index (χ1n) is 8.17. The van der Waals surface area contributed by atoms with E-state index in [1.807, 2.05) is 0 Å². The lowest BCUT2D eigenvalue weighted by Gasteiger charge is -2.32. The molecule has 3 aromatic rings. The van der Waals surface area contributed by atoms with Crippen molar-refractivity contribution >= 4 is 50.9 Å². The summed E-state index contributed by atoms with van der Waals surface area (Å²) < 4.78 is 55.8. The third-order valence-corrected chi connectivity index (χ3v) is 6.53. The largest absolute Gasteiger partial charge is 0.481 e. The number of carbonyl (C=O) groups is 2. The number of rotatable bonds is 4. The van der Waals surface area contributed by atoms with Crippen LogP contribution in [0.1, 0.15) is 11.4 Å². The van der Waals surface area contributed by atoms with Crippen LogP contribution in [-0.2, 0) is 16.1 Å². The number of thioether (sulfide) groups is 1. The Labute approximate surface area is 169 Å². The number of aromatic nitrogens is 1. The van der Waals surface area contributed by atoms with Crippen LogP contribution in [0.3, 0.4) is 0 Å². The number of amides is 1. The number of hydrogen-bond acceptors (Lipinski definition) is 5. The van der Waals surface area contributed by atoms with Gasteiger partial charge in [-0.15, -0.1) is 23.1 Å². The van der Waals surface area contributed by atoms with Gasteiger partial charge in [0.1, 0.15) is 22.2 Å². The first kappa shape index (κ1) is 19.6. The summed E-state index contributed by atoms with van der Waals surface area (Å²) in [5, 5.41) is 8.13. The molecule has 0 aliphatic carbocycles. The van der Waals surface area contributed by atoms with Crippen LogP contribution < -0.4 is 4.90 Å². The number of fused-ring (bicyclic) bond motifs is 2. The Hall–Kier alpha value is -2.66. The minimum atomic E-state index is -1.25. The van der Waals surface area contributed by atoms with Crippen LogP contribution in [-0.4, -0.2) is 27.2 Å². The zero-order valence-electron chi connectivity index (χ0n) is 14.3. The minimum absolute atomic E-state index is 0.0596. The highest BCUT2D eigenvalue weighted by Gasteiger charge is 2.37. The van der Waals surface area contributed by atoms with Crippen LogP contribution in [0.15, 0.2) is 29.2 Å². The summed E-state index contributed by atoms with van der Waals surface area (Å²) in [7, 11) is 0. The number of carboxylic acid groups (broad SMARTS) is 1. The molecule has 4 rings (SSSR count). The molecule has 150 valence electrons. The van der Waals surface area contributed by atoms with E-state index in [9.17, 15) is 27.2 Å². The Morgan fingerprint density at radius 2 is 1.93 bits per heavy atom. The lowest BCUT2D eigenvalue weighted by molar-refractivity contribution is -0.138. The Bertz CT molecular complexity index is 1170. The van der Waals surface area contributed by atoms with E-state index in [2.05, 4.69) is 4.98 Å². The molecule has 0 radical (unpaired) electrons. The fourth-order valence-corrected chi connectivity index (χ4v) is 5.14. The Balaban J connectivity index is 1.78. The van der Waals surface area contributed by atoms with Gasteiger partial charge in [0.15, 0.2) is 11.6 Å². The molecule has 29 heavy (non-hydrogen) atoms. The van der Waals surface area contributed by atoms with Gasteiger partial charge in [0, 0.05) is 6.07 Å². The first-order valence-corrected chi connectivity index (χ1v) is 9.86. The molecule has 0 fully saturated rings. The van der Waals surface area contributed by atoms with Crippen molar-refractivity contribution in [2.24, 2.45) is 0 Å². The SMILES string of the molecule is O=C(O)CC1Sc2c(F)cc(F)cc2N(Cc2nc3c(F)c(F)ccc3s2)C1=O. The second kappa shape index (κ2) is 7.30. The molecule has 1 aliphatic rings. The summed E-state index contributed by atoms with van der Waals surface area (Å²) in [4.78, 5) is 28.9. The normalized spacial score (nSPS) is 16.3. The average molecular weight is 442 g/mol. The number of carboxylic acids is 1. The molecule has 0 saturated heterocycles.